The predicted molar refractivity (Wildman–Crippen MR) is 102 cm³/mol. The van der Waals surface area contributed by atoms with E-state index in [1.54, 1.807) is 11.0 Å². The Morgan fingerprint density at radius 3 is 2.44 bits per heavy atom. The van der Waals surface area contributed by atoms with Crippen molar-refractivity contribution in [2.45, 2.75) is 20.0 Å². The zero-order valence-corrected chi connectivity index (χ0v) is 15.5. The molecule has 0 radical (unpaired) electrons. The van der Waals surface area contributed by atoms with Crippen molar-refractivity contribution in [1.29, 1.82) is 0 Å². The van der Waals surface area contributed by atoms with Crippen LogP contribution in [0.4, 0.5) is 11.6 Å². The maximum Gasteiger partial charge on any atom is 0.258 e. The average Bonchev–Trinajstić information content (AvgIpc) is 2.69. The maximum absolute atomic E-state index is 12.5. The minimum absolute atomic E-state index is 0.00495. The number of hydrogen-bond acceptors (Lipinski definition) is 6. The number of benzene rings is 1. The van der Waals surface area contributed by atoms with Crippen LogP contribution in [0.15, 0.2) is 36.7 Å². The first-order valence-electron chi connectivity index (χ1n) is 8.90. The maximum atomic E-state index is 12.5. The second-order valence-electron chi connectivity index (χ2n) is 6.52. The minimum Gasteiger partial charge on any atom is -0.489 e. The molecule has 2 heterocycles. The van der Waals surface area contributed by atoms with Crippen LogP contribution in [0.3, 0.4) is 0 Å². The van der Waals surface area contributed by atoms with Gasteiger partial charge in [0.25, 0.3) is 5.91 Å². The number of nitrogens with one attached hydrogen (secondary N) is 1. The van der Waals surface area contributed by atoms with Crippen molar-refractivity contribution in [2.24, 2.45) is 0 Å². The van der Waals surface area contributed by atoms with Crippen LogP contribution in [-0.4, -0.2) is 59.5 Å². The second-order valence-corrected chi connectivity index (χ2v) is 6.52. The molecule has 8 nitrogen and oxygen atoms in total. The minimum atomic E-state index is -0.299. The molecule has 0 saturated carbocycles. The van der Waals surface area contributed by atoms with E-state index >= 15 is 0 Å². The Morgan fingerprint density at radius 1 is 1.15 bits per heavy atom. The van der Waals surface area contributed by atoms with Gasteiger partial charge in [-0.3, -0.25) is 9.59 Å². The lowest BCUT2D eigenvalue weighted by atomic mass is 10.2. The Hall–Kier alpha value is -3.16. The monoisotopic (exact) mass is 369 g/mol. The van der Waals surface area contributed by atoms with E-state index in [9.17, 15) is 9.59 Å². The zero-order chi connectivity index (χ0) is 19.2. The summed E-state index contributed by atoms with van der Waals surface area (Å²) in [6.45, 7) is 6.48. The largest absolute Gasteiger partial charge is 0.489 e. The Kier molecular flexibility index (Phi) is 5.85. The van der Waals surface area contributed by atoms with Crippen LogP contribution in [0.5, 0.6) is 5.75 Å². The van der Waals surface area contributed by atoms with Gasteiger partial charge in [0.2, 0.25) is 12.4 Å². The summed E-state index contributed by atoms with van der Waals surface area (Å²) in [5.74, 6) is 0.874. The quantitative estimate of drug-likeness (QED) is 0.781. The molecule has 0 unspecified atom stereocenters. The van der Waals surface area contributed by atoms with E-state index in [0.717, 1.165) is 6.41 Å². The van der Waals surface area contributed by atoms with Gasteiger partial charge in [-0.15, -0.1) is 0 Å². The van der Waals surface area contributed by atoms with Gasteiger partial charge < -0.3 is 19.9 Å². The van der Waals surface area contributed by atoms with E-state index in [1.165, 1.54) is 12.4 Å². The number of ether oxygens (including phenoxy) is 1. The highest BCUT2D eigenvalue weighted by molar-refractivity contribution is 6.04. The number of para-hydroxylation sites is 2. The number of nitrogens with zero attached hydrogens (tertiary/aromatic N) is 4. The molecule has 1 aromatic carbocycles. The van der Waals surface area contributed by atoms with Crippen molar-refractivity contribution in [3.05, 3.63) is 42.2 Å². The number of hydrogen-bond donors (Lipinski definition) is 1. The molecule has 142 valence electrons. The van der Waals surface area contributed by atoms with Gasteiger partial charge in [0.15, 0.2) is 0 Å². The molecule has 8 heteroatoms. The van der Waals surface area contributed by atoms with Gasteiger partial charge in [-0.25, -0.2) is 9.97 Å². The van der Waals surface area contributed by atoms with Crippen LogP contribution in [0, 0.1) is 0 Å². The van der Waals surface area contributed by atoms with Crippen molar-refractivity contribution in [3.8, 4) is 5.75 Å². The number of rotatable bonds is 6. The van der Waals surface area contributed by atoms with E-state index in [2.05, 4.69) is 15.3 Å². The lowest BCUT2D eigenvalue weighted by molar-refractivity contribution is -0.118. The van der Waals surface area contributed by atoms with Crippen molar-refractivity contribution >= 4 is 24.0 Å². The number of carbonyl (C=O) groups excluding carboxylic acids is 2. The number of anilines is 2. The molecule has 0 bridgehead atoms. The fraction of sp³-hybridized carbons (Fsp3) is 0.368. The third-order valence-electron chi connectivity index (χ3n) is 4.14. The number of aromatic nitrogens is 2. The lowest BCUT2D eigenvalue weighted by Gasteiger charge is -2.32. The molecule has 2 aromatic rings. The molecule has 2 amide bonds. The summed E-state index contributed by atoms with van der Waals surface area (Å²) >= 11 is 0. The molecule has 0 aliphatic carbocycles. The van der Waals surface area contributed by atoms with Crippen molar-refractivity contribution in [1.82, 2.24) is 14.9 Å². The van der Waals surface area contributed by atoms with Crippen LogP contribution >= 0.6 is 0 Å². The average molecular weight is 369 g/mol. The Balaban J connectivity index is 1.65. The molecule has 1 saturated heterocycles. The molecule has 0 atom stereocenters. The third-order valence-corrected chi connectivity index (χ3v) is 4.14. The van der Waals surface area contributed by atoms with Gasteiger partial charge in [0.05, 0.1) is 17.4 Å². The second kappa shape index (κ2) is 8.48. The topological polar surface area (TPSA) is 87.7 Å². The van der Waals surface area contributed by atoms with Crippen molar-refractivity contribution in [2.75, 3.05) is 36.4 Å². The Bertz CT molecular complexity index is 786. The van der Waals surface area contributed by atoms with Crippen LogP contribution in [0.1, 0.15) is 24.2 Å². The van der Waals surface area contributed by atoms with Crippen LogP contribution in [0.2, 0.25) is 0 Å². The molecule has 1 N–H and O–H groups in total. The molecule has 1 fully saturated rings. The SMILES string of the molecule is CC(C)Oc1ccccc1NC(=O)c1cnc(N2CCN(C=O)CC2)nc1. The molecule has 3 rings (SSSR count). The third kappa shape index (κ3) is 4.72. The van der Waals surface area contributed by atoms with Crippen molar-refractivity contribution < 1.29 is 14.3 Å². The highest BCUT2D eigenvalue weighted by Crippen LogP contribution is 2.25. The first kappa shape index (κ1) is 18.6. The fourth-order valence-electron chi connectivity index (χ4n) is 2.75. The molecule has 27 heavy (non-hydrogen) atoms. The van der Waals surface area contributed by atoms with Crippen LogP contribution in [0.25, 0.3) is 0 Å². The van der Waals surface area contributed by atoms with E-state index in [-0.39, 0.29) is 12.0 Å². The summed E-state index contributed by atoms with van der Waals surface area (Å²) in [7, 11) is 0. The van der Waals surface area contributed by atoms with Gasteiger partial charge in [-0.2, -0.15) is 0 Å². The smallest absolute Gasteiger partial charge is 0.258 e. The summed E-state index contributed by atoms with van der Waals surface area (Å²) in [5.41, 5.74) is 0.967. The molecule has 1 aliphatic rings. The predicted octanol–water partition coefficient (Wildman–Crippen LogP) is 1.79. The van der Waals surface area contributed by atoms with Crippen LogP contribution in [-0.2, 0) is 4.79 Å². The van der Waals surface area contributed by atoms with E-state index < -0.39 is 0 Å². The molecular weight excluding hydrogens is 346 g/mol. The molecule has 0 spiro atoms. The van der Waals surface area contributed by atoms with E-state index in [4.69, 9.17) is 4.74 Å². The molecule has 1 aliphatic heterocycles. The number of amides is 2. The van der Waals surface area contributed by atoms with E-state index in [0.29, 0.717) is 49.1 Å². The van der Waals surface area contributed by atoms with Gasteiger partial charge in [-0.05, 0) is 26.0 Å². The first-order valence-corrected chi connectivity index (χ1v) is 8.90. The highest BCUT2D eigenvalue weighted by atomic mass is 16.5. The van der Waals surface area contributed by atoms with Crippen LogP contribution < -0.4 is 15.0 Å². The normalized spacial score (nSPS) is 14.2. The number of carbonyl (C=O) groups is 2. The van der Waals surface area contributed by atoms with Gasteiger partial charge in [-0.1, -0.05) is 12.1 Å². The molecular formula is C19H23N5O3. The fourth-order valence-corrected chi connectivity index (χ4v) is 2.75. The summed E-state index contributed by atoms with van der Waals surface area (Å²) < 4.78 is 5.72. The van der Waals surface area contributed by atoms with E-state index in [1.807, 2.05) is 36.9 Å². The highest BCUT2D eigenvalue weighted by Gasteiger charge is 2.18. The standard InChI is InChI=1S/C19H23N5O3/c1-14(2)27-17-6-4-3-5-16(17)22-18(26)15-11-20-19(21-12-15)24-9-7-23(13-25)8-10-24/h3-6,11-14H,7-10H2,1-2H3,(H,22,26). The Labute approximate surface area is 158 Å². The number of piperazine rings is 1. The summed E-state index contributed by atoms with van der Waals surface area (Å²) in [6.07, 6.45) is 3.88. The summed E-state index contributed by atoms with van der Waals surface area (Å²) in [6, 6.07) is 7.29. The van der Waals surface area contributed by atoms with Gasteiger partial charge in [0.1, 0.15) is 5.75 Å². The zero-order valence-electron chi connectivity index (χ0n) is 15.5. The first-order chi connectivity index (χ1) is 13.1. The van der Waals surface area contributed by atoms with Gasteiger partial charge >= 0.3 is 0 Å². The van der Waals surface area contributed by atoms with Crippen molar-refractivity contribution in [3.63, 3.8) is 0 Å². The van der Waals surface area contributed by atoms with Gasteiger partial charge in [0, 0.05) is 38.6 Å². The molecule has 1 aromatic heterocycles. The summed E-state index contributed by atoms with van der Waals surface area (Å²) in [5, 5.41) is 2.84. The lowest BCUT2D eigenvalue weighted by Crippen LogP contribution is -2.46. The summed E-state index contributed by atoms with van der Waals surface area (Å²) in [4.78, 5) is 35.6. The Morgan fingerprint density at radius 2 is 1.81 bits per heavy atom.